The Morgan fingerprint density at radius 2 is 1.86 bits per heavy atom. The lowest BCUT2D eigenvalue weighted by Crippen LogP contribution is -2.28. The first-order chi connectivity index (χ1) is 17.3. The fourth-order valence-electron chi connectivity index (χ4n) is 3.86. The number of benzene rings is 2. The molecule has 2 aromatic carbocycles. The van der Waals surface area contributed by atoms with E-state index >= 15 is 0 Å². The zero-order valence-electron chi connectivity index (χ0n) is 18.5. The van der Waals surface area contributed by atoms with Crippen molar-refractivity contribution in [2.45, 2.75) is 25.7 Å². The predicted molar refractivity (Wildman–Crippen MR) is 120 cm³/mol. The molecule has 0 bridgehead atoms. The van der Waals surface area contributed by atoms with Crippen LogP contribution in [0.2, 0.25) is 0 Å². The number of alkyl halides is 3. The maximum Gasteiger partial charge on any atom is 0.451 e. The molecule has 0 atom stereocenters. The van der Waals surface area contributed by atoms with Crippen molar-refractivity contribution in [2.75, 3.05) is 0 Å². The lowest BCUT2D eigenvalue weighted by molar-refractivity contribution is -0.145. The van der Waals surface area contributed by atoms with Crippen LogP contribution in [0.25, 0.3) is 11.3 Å². The third kappa shape index (κ3) is 4.61. The lowest BCUT2D eigenvalue weighted by Gasteiger charge is -2.21. The number of aromatic nitrogens is 4. The molecule has 0 saturated heterocycles. The molecule has 0 spiro atoms. The molecular weight excluding hydrogens is 475 g/mol. The second kappa shape index (κ2) is 9.14. The number of ether oxygens (including phenoxy) is 2. The summed E-state index contributed by atoms with van der Waals surface area (Å²) in [7, 11) is 0. The number of fused-ring (bicyclic) bond motifs is 3. The van der Waals surface area contributed by atoms with E-state index in [2.05, 4.69) is 15.0 Å². The first-order valence-electron chi connectivity index (χ1n) is 10.7. The molecule has 11 heteroatoms. The topological polar surface area (TPSA) is 103 Å². The highest BCUT2D eigenvalue weighted by atomic mass is 19.4. The molecule has 1 aliphatic heterocycles. The second-order valence-corrected chi connectivity index (χ2v) is 7.89. The van der Waals surface area contributed by atoms with Gasteiger partial charge in [-0.1, -0.05) is 30.3 Å². The fraction of sp³-hybridized carbons (Fsp3) is 0.160. The Morgan fingerprint density at radius 3 is 2.61 bits per heavy atom. The summed E-state index contributed by atoms with van der Waals surface area (Å²) < 4.78 is 50.7. The smallest absolute Gasteiger partial charge is 0.451 e. The van der Waals surface area contributed by atoms with Gasteiger partial charge in [-0.15, -0.1) is 0 Å². The normalized spacial score (nSPS) is 12.3. The van der Waals surface area contributed by atoms with E-state index in [0.717, 1.165) is 35.6 Å². The van der Waals surface area contributed by atoms with E-state index in [1.165, 1.54) is 12.1 Å². The molecule has 0 fully saturated rings. The monoisotopic (exact) mass is 491 g/mol. The Hall–Kier alpha value is -4.72. The van der Waals surface area contributed by atoms with Crippen LogP contribution in [0.15, 0.2) is 65.7 Å². The summed E-state index contributed by atoms with van der Waals surface area (Å²) >= 11 is 0. The molecule has 0 aliphatic carbocycles. The van der Waals surface area contributed by atoms with Gasteiger partial charge in [-0.05, 0) is 29.7 Å². The standard InChI is InChI=1S/C25H16F3N5O3/c26-25(27,28)23-30-12-18(13-31-23)36-21-6-5-15(9-17(21)11-29)14-35-22-10-20-19-4-2-1-3-16(19)7-8-33(20)24(34)32-22/h1-6,9-10,12-13H,7-8,14H2. The zero-order valence-corrected chi connectivity index (χ0v) is 18.5. The van der Waals surface area contributed by atoms with E-state index in [-0.39, 0.29) is 29.5 Å². The van der Waals surface area contributed by atoms with Crippen molar-refractivity contribution >= 4 is 0 Å². The van der Waals surface area contributed by atoms with Crippen LogP contribution >= 0.6 is 0 Å². The van der Waals surface area contributed by atoms with Gasteiger partial charge < -0.3 is 9.47 Å². The largest absolute Gasteiger partial charge is 0.473 e. The molecule has 36 heavy (non-hydrogen) atoms. The van der Waals surface area contributed by atoms with Gasteiger partial charge in [0.2, 0.25) is 11.7 Å². The molecule has 5 rings (SSSR count). The Morgan fingerprint density at radius 1 is 1.08 bits per heavy atom. The molecule has 0 N–H and O–H groups in total. The van der Waals surface area contributed by atoms with Gasteiger partial charge in [-0.2, -0.15) is 23.4 Å². The molecule has 0 unspecified atom stereocenters. The molecule has 8 nitrogen and oxygen atoms in total. The first-order valence-corrected chi connectivity index (χ1v) is 10.7. The number of rotatable bonds is 5. The second-order valence-electron chi connectivity index (χ2n) is 7.89. The highest BCUT2D eigenvalue weighted by molar-refractivity contribution is 5.66. The number of hydrogen-bond acceptors (Lipinski definition) is 7. The molecule has 0 amide bonds. The van der Waals surface area contributed by atoms with Crippen LogP contribution in [0.4, 0.5) is 13.2 Å². The summed E-state index contributed by atoms with van der Waals surface area (Å²) in [6.07, 6.45) is -2.16. The maximum atomic E-state index is 12.6. The molecule has 1 aliphatic rings. The van der Waals surface area contributed by atoms with Crippen molar-refractivity contribution in [3.63, 3.8) is 0 Å². The van der Waals surface area contributed by atoms with Gasteiger partial charge >= 0.3 is 11.9 Å². The molecular formula is C25H16F3N5O3. The zero-order chi connectivity index (χ0) is 25.3. The predicted octanol–water partition coefficient (Wildman–Crippen LogP) is 4.52. The Balaban J connectivity index is 1.33. The van der Waals surface area contributed by atoms with Gasteiger partial charge in [0, 0.05) is 18.2 Å². The van der Waals surface area contributed by atoms with E-state index in [9.17, 15) is 23.2 Å². The molecule has 2 aromatic heterocycles. The van der Waals surface area contributed by atoms with Crippen LogP contribution in [-0.2, 0) is 25.7 Å². The van der Waals surface area contributed by atoms with E-state index < -0.39 is 17.7 Å². The van der Waals surface area contributed by atoms with E-state index in [4.69, 9.17) is 9.47 Å². The SMILES string of the molecule is N#Cc1cc(COc2cc3n(c(=O)n2)CCc2ccccc2-3)ccc1Oc1cnc(C(F)(F)F)nc1. The summed E-state index contributed by atoms with van der Waals surface area (Å²) in [6, 6.07) is 16.2. The van der Waals surface area contributed by atoms with Crippen LogP contribution in [0.1, 0.15) is 22.5 Å². The molecule has 180 valence electrons. The number of aryl methyl sites for hydroxylation is 1. The van der Waals surface area contributed by atoms with Gasteiger partial charge in [0.05, 0.1) is 23.7 Å². The average molecular weight is 491 g/mol. The fourth-order valence-corrected chi connectivity index (χ4v) is 3.86. The third-order valence-corrected chi connectivity index (χ3v) is 5.55. The summed E-state index contributed by atoms with van der Waals surface area (Å²) in [5.74, 6) is -1.07. The van der Waals surface area contributed by atoms with Crippen molar-refractivity contribution in [3.8, 4) is 34.7 Å². The van der Waals surface area contributed by atoms with Gasteiger partial charge in [-0.3, -0.25) is 4.57 Å². The van der Waals surface area contributed by atoms with Crippen molar-refractivity contribution in [3.05, 3.63) is 93.9 Å². The minimum Gasteiger partial charge on any atom is -0.473 e. The van der Waals surface area contributed by atoms with Gasteiger partial charge in [-0.25, -0.2) is 14.8 Å². The summed E-state index contributed by atoms with van der Waals surface area (Å²) in [4.78, 5) is 23.0. The van der Waals surface area contributed by atoms with Crippen LogP contribution in [0.3, 0.4) is 0 Å². The Labute approximate surface area is 202 Å². The van der Waals surface area contributed by atoms with E-state index in [1.807, 2.05) is 30.3 Å². The van der Waals surface area contributed by atoms with Gasteiger partial charge in [0.25, 0.3) is 0 Å². The molecule has 4 aromatic rings. The Bertz CT molecular complexity index is 1540. The quantitative estimate of drug-likeness (QED) is 0.404. The molecule has 0 radical (unpaired) electrons. The van der Waals surface area contributed by atoms with Crippen LogP contribution in [-0.4, -0.2) is 19.5 Å². The highest BCUT2D eigenvalue weighted by Crippen LogP contribution is 2.31. The average Bonchev–Trinajstić information content (AvgIpc) is 2.87. The van der Waals surface area contributed by atoms with Crippen LogP contribution in [0.5, 0.6) is 17.4 Å². The van der Waals surface area contributed by atoms with Gasteiger partial charge in [0.1, 0.15) is 18.4 Å². The third-order valence-electron chi connectivity index (χ3n) is 5.55. The highest BCUT2D eigenvalue weighted by Gasteiger charge is 2.34. The maximum absolute atomic E-state index is 12.6. The summed E-state index contributed by atoms with van der Waals surface area (Å²) in [6.45, 7) is 0.561. The minimum absolute atomic E-state index is 0.0237. The van der Waals surface area contributed by atoms with Crippen molar-refractivity contribution < 1.29 is 22.6 Å². The number of nitrogens with zero attached hydrogens (tertiary/aromatic N) is 5. The van der Waals surface area contributed by atoms with Gasteiger partial charge in [0.15, 0.2) is 5.75 Å². The van der Waals surface area contributed by atoms with E-state index in [1.54, 1.807) is 16.7 Å². The summed E-state index contributed by atoms with van der Waals surface area (Å²) in [5.41, 5.74) is 3.14. The first kappa shape index (κ1) is 23.0. The summed E-state index contributed by atoms with van der Waals surface area (Å²) in [5, 5.41) is 9.51. The van der Waals surface area contributed by atoms with Crippen LogP contribution in [0, 0.1) is 11.3 Å². The number of hydrogen-bond donors (Lipinski definition) is 0. The number of halogens is 3. The molecule has 3 heterocycles. The molecule has 0 saturated carbocycles. The van der Waals surface area contributed by atoms with E-state index in [0.29, 0.717) is 12.1 Å². The minimum atomic E-state index is -4.67. The number of nitriles is 1. The van der Waals surface area contributed by atoms with Crippen LogP contribution < -0.4 is 15.2 Å². The van der Waals surface area contributed by atoms with Crippen molar-refractivity contribution in [1.29, 1.82) is 5.26 Å². The lowest BCUT2D eigenvalue weighted by atomic mass is 9.98. The van der Waals surface area contributed by atoms with Crippen molar-refractivity contribution in [2.24, 2.45) is 0 Å². The van der Waals surface area contributed by atoms with Crippen molar-refractivity contribution in [1.82, 2.24) is 19.5 Å². The Kier molecular flexibility index (Phi) is 5.85.